The molecule has 1 aliphatic rings. The lowest BCUT2D eigenvalue weighted by molar-refractivity contribution is -0.132. The zero-order valence-corrected chi connectivity index (χ0v) is 20.0. The average molecular weight is 467 g/mol. The van der Waals surface area contributed by atoms with Crippen LogP contribution in [0.5, 0.6) is 11.5 Å². The van der Waals surface area contributed by atoms with Crippen LogP contribution in [0, 0.1) is 0 Å². The summed E-state index contributed by atoms with van der Waals surface area (Å²) in [5, 5.41) is 3.01. The molecule has 1 heterocycles. The number of nitrogens with zero attached hydrogens (tertiary/aromatic N) is 1. The molecule has 1 N–H and O–H groups in total. The van der Waals surface area contributed by atoms with Crippen LogP contribution in [0.2, 0.25) is 0 Å². The van der Waals surface area contributed by atoms with E-state index in [0.717, 1.165) is 31.5 Å². The Kier molecular flexibility index (Phi) is 9.50. The van der Waals surface area contributed by atoms with Gasteiger partial charge in [0.05, 0.1) is 12.6 Å². The molecule has 1 atom stereocenters. The number of ketones is 1. The van der Waals surface area contributed by atoms with Crippen LogP contribution in [-0.2, 0) is 9.59 Å². The summed E-state index contributed by atoms with van der Waals surface area (Å²) < 4.78 is 11.2. The molecule has 182 valence electrons. The summed E-state index contributed by atoms with van der Waals surface area (Å²) in [5.74, 6) is 1.000. The SMILES string of the molecule is CCOc1ccc(C(=O)CCC(=O)NC(CC)c2ccccc2OCC(=O)N2CCCC2)cc1. The molecule has 1 unspecified atom stereocenters. The highest BCUT2D eigenvalue weighted by Crippen LogP contribution is 2.27. The van der Waals surface area contributed by atoms with E-state index in [9.17, 15) is 14.4 Å². The number of ether oxygens (including phenoxy) is 2. The Labute approximate surface area is 201 Å². The first-order valence-electron chi connectivity index (χ1n) is 12.1. The van der Waals surface area contributed by atoms with Crippen molar-refractivity contribution in [3.05, 3.63) is 59.7 Å². The number of carbonyl (C=O) groups is 3. The number of amides is 2. The number of nitrogens with one attached hydrogen (secondary N) is 1. The van der Waals surface area contributed by atoms with Crippen molar-refractivity contribution in [1.82, 2.24) is 10.2 Å². The number of hydrogen-bond donors (Lipinski definition) is 1. The molecule has 3 rings (SSSR count). The summed E-state index contributed by atoms with van der Waals surface area (Å²) in [4.78, 5) is 39.3. The van der Waals surface area contributed by atoms with Crippen molar-refractivity contribution >= 4 is 17.6 Å². The number of hydrogen-bond acceptors (Lipinski definition) is 5. The Morgan fingerprint density at radius 1 is 0.941 bits per heavy atom. The highest BCUT2D eigenvalue weighted by Gasteiger charge is 2.21. The normalized spacial score (nSPS) is 13.9. The summed E-state index contributed by atoms with van der Waals surface area (Å²) in [6.07, 6.45) is 2.94. The molecule has 1 aliphatic heterocycles. The van der Waals surface area contributed by atoms with Crippen LogP contribution in [0.3, 0.4) is 0 Å². The second-order valence-corrected chi connectivity index (χ2v) is 8.32. The van der Waals surface area contributed by atoms with Gasteiger partial charge < -0.3 is 19.7 Å². The molecule has 0 radical (unpaired) electrons. The number of benzene rings is 2. The predicted molar refractivity (Wildman–Crippen MR) is 130 cm³/mol. The lowest BCUT2D eigenvalue weighted by Crippen LogP contribution is -2.32. The largest absolute Gasteiger partial charge is 0.494 e. The Bertz CT molecular complexity index is 967. The second-order valence-electron chi connectivity index (χ2n) is 8.32. The zero-order valence-electron chi connectivity index (χ0n) is 20.0. The third-order valence-electron chi connectivity index (χ3n) is 5.91. The third kappa shape index (κ3) is 7.07. The van der Waals surface area contributed by atoms with Gasteiger partial charge in [-0.15, -0.1) is 0 Å². The van der Waals surface area contributed by atoms with Gasteiger partial charge in [-0.2, -0.15) is 0 Å². The maximum absolute atomic E-state index is 12.6. The maximum atomic E-state index is 12.6. The molecular weight excluding hydrogens is 432 g/mol. The Hall–Kier alpha value is -3.35. The van der Waals surface area contributed by atoms with Crippen LogP contribution in [0.1, 0.15) is 67.9 Å². The van der Waals surface area contributed by atoms with Crippen molar-refractivity contribution in [2.75, 3.05) is 26.3 Å². The van der Waals surface area contributed by atoms with E-state index >= 15 is 0 Å². The third-order valence-corrected chi connectivity index (χ3v) is 5.91. The standard InChI is InChI=1S/C27H34N2O5/c1-3-23(22-9-5-6-10-25(22)34-19-27(32)29-17-7-8-18-29)28-26(31)16-15-24(30)20-11-13-21(14-12-20)33-4-2/h5-6,9-14,23H,3-4,7-8,15-19H2,1-2H3,(H,28,31). The minimum Gasteiger partial charge on any atom is -0.494 e. The van der Waals surface area contributed by atoms with E-state index in [0.29, 0.717) is 30.1 Å². The van der Waals surface area contributed by atoms with E-state index in [1.807, 2.05) is 43.0 Å². The lowest BCUT2D eigenvalue weighted by atomic mass is 10.0. The first kappa shape index (κ1) is 25.3. The summed E-state index contributed by atoms with van der Waals surface area (Å²) >= 11 is 0. The van der Waals surface area contributed by atoms with Crippen LogP contribution in [0.4, 0.5) is 0 Å². The molecular formula is C27H34N2O5. The van der Waals surface area contributed by atoms with Crippen LogP contribution in [0.15, 0.2) is 48.5 Å². The topological polar surface area (TPSA) is 84.9 Å². The van der Waals surface area contributed by atoms with E-state index in [-0.39, 0.29) is 43.1 Å². The van der Waals surface area contributed by atoms with Crippen molar-refractivity contribution in [2.24, 2.45) is 0 Å². The molecule has 0 aliphatic carbocycles. The van der Waals surface area contributed by atoms with Crippen LogP contribution in [0.25, 0.3) is 0 Å². The van der Waals surface area contributed by atoms with Gasteiger partial charge in [0, 0.05) is 37.1 Å². The summed E-state index contributed by atoms with van der Waals surface area (Å²) in [6, 6.07) is 14.1. The van der Waals surface area contributed by atoms with Gasteiger partial charge in [0.25, 0.3) is 5.91 Å². The number of Topliss-reactive ketones (excluding diaryl/α,β-unsaturated/α-hetero) is 1. The first-order valence-corrected chi connectivity index (χ1v) is 12.1. The van der Waals surface area contributed by atoms with Crippen LogP contribution < -0.4 is 14.8 Å². The first-order chi connectivity index (χ1) is 16.5. The van der Waals surface area contributed by atoms with Gasteiger partial charge >= 0.3 is 0 Å². The van der Waals surface area contributed by atoms with Gasteiger partial charge in [-0.3, -0.25) is 14.4 Å². The van der Waals surface area contributed by atoms with Gasteiger partial charge in [-0.25, -0.2) is 0 Å². The van der Waals surface area contributed by atoms with Crippen molar-refractivity contribution < 1.29 is 23.9 Å². The number of carbonyl (C=O) groups excluding carboxylic acids is 3. The van der Waals surface area contributed by atoms with Crippen LogP contribution >= 0.6 is 0 Å². The minimum absolute atomic E-state index is 0.0159. The molecule has 0 spiro atoms. The van der Waals surface area contributed by atoms with Crippen LogP contribution in [-0.4, -0.2) is 48.8 Å². The van der Waals surface area contributed by atoms with Gasteiger partial charge in [-0.05, 0) is 56.5 Å². The van der Waals surface area contributed by atoms with E-state index in [1.165, 1.54) is 0 Å². The smallest absolute Gasteiger partial charge is 0.260 e. The molecule has 2 aromatic carbocycles. The van der Waals surface area contributed by atoms with Crippen molar-refractivity contribution in [1.29, 1.82) is 0 Å². The molecule has 7 nitrogen and oxygen atoms in total. The van der Waals surface area contributed by atoms with Gasteiger partial charge in [0.1, 0.15) is 11.5 Å². The molecule has 0 saturated carbocycles. The molecule has 0 bridgehead atoms. The Morgan fingerprint density at radius 2 is 1.65 bits per heavy atom. The van der Waals surface area contributed by atoms with Gasteiger partial charge in [0.15, 0.2) is 12.4 Å². The fraction of sp³-hybridized carbons (Fsp3) is 0.444. The molecule has 2 amide bonds. The van der Waals surface area contributed by atoms with Crippen molar-refractivity contribution in [2.45, 2.75) is 52.0 Å². The molecule has 2 aromatic rings. The summed E-state index contributed by atoms with van der Waals surface area (Å²) in [7, 11) is 0. The second kappa shape index (κ2) is 12.8. The number of rotatable bonds is 12. The quantitative estimate of drug-likeness (QED) is 0.471. The predicted octanol–water partition coefficient (Wildman–Crippen LogP) is 4.32. The van der Waals surface area contributed by atoms with E-state index in [1.54, 1.807) is 24.3 Å². The van der Waals surface area contributed by atoms with E-state index in [2.05, 4.69) is 5.32 Å². The van der Waals surface area contributed by atoms with E-state index < -0.39 is 0 Å². The van der Waals surface area contributed by atoms with Crippen molar-refractivity contribution in [3.8, 4) is 11.5 Å². The number of likely N-dealkylation sites (tertiary alicyclic amines) is 1. The van der Waals surface area contributed by atoms with E-state index in [4.69, 9.17) is 9.47 Å². The lowest BCUT2D eigenvalue weighted by Gasteiger charge is -2.21. The fourth-order valence-electron chi connectivity index (χ4n) is 4.04. The molecule has 34 heavy (non-hydrogen) atoms. The molecule has 1 saturated heterocycles. The molecule has 0 aromatic heterocycles. The highest BCUT2D eigenvalue weighted by molar-refractivity contribution is 5.98. The number of para-hydroxylation sites is 1. The monoisotopic (exact) mass is 466 g/mol. The fourth-order valence-corrected chi connectivity index (χ4v) is 4.04. The Balaban J connectivity index is 1.54. The molecule has 7 heteroatoms. The van der Waals surface area contributed by atoms with Gasteiger partial charge in [-0.1, -0.05) is 25.1 Å². The zero-order chi connectivity index (χ0) is 24.3. The average Bonchev–Trinajstić information content (AvgIpc) is 3.40. The minimum atomic E-state index is -0.272. The maximum Gasteiger partial charge on any atom is 0.260 e. The van der Waals surface area contributed by atoms with Crippen molar-refractivity contribution in [3.63, 3.8) is 0 Å². The Morgan fingerprint density at radius 3 is 2.32 bits per heavy atom. The van der Waals surface area contributed by atoms with Gasteiger partial charge in [0.2, 0.25) is 5.91 Å². The highest BCUT2D eigenvalue weighted by atomic mass is 16.5. The summed E-state index contributed by atoms with van der Waals surface area (Å²) in [5.41, 5.74) is 1.38. The molecule has 1 fully saturated rings. The summed E-state index contributed by atoms with van der Waals surface area (Å²) in [6.45, 7) is 5.99.